The first-order chi connectivity index (χ1) is 15.5. The van der Waals surface area contributed by atoms with E-state index in [1.165, 1.54) is 21.5 Å². The van der Waals surface area contributed by atoms with E-state index in [1.54, 1.807) is 0 Å². The zero-order valence-electron chi connectivity index (χ0n) is 24.8. The maximum Gasteiger partial charge on any atom is 0.183 e. The van der Waals surface area contributed by atoms with E-state index in [9.17, 15) is 0 Å². The van der Waals surface area contributed by atoms with Gasteiger partial charge in [-0.1, -0.05) is 75.4 Å². The van der Waals surface area contributed by atoms with Crippen LogP contribution < -0.4 is 0 Å². The summed E-state index contributed by atoms with van der Waals surface area (Å²) in [6, 6.07) is 0. The molecule has 0 aromatic heterocycles. The van der Waals surface area contributed by atoms with E-state index in [0.29, 0.717) is 0 Å². The van der Waals surface area contributed by atoms with Crippen LogP contribution in [0.5, 0.6) is 0 Å². The molecule has 0 N–H and O–H groups in total. The standard InChI is InChI=1S/C27H50Cl2O2Si4/c1-19(30-32(5,6)7)34(11,12)25-21(15-17-23(25)28)27(3,4)22-16-18-24(29)26(22)35(13,14)20(2)31-33(8,9)10/h15-16,19-20H,17-18H2,1-14H3. The molecule has 0 heterocycles. The Hall–Kier alpha value is 0.328. The second-order valence-corrected chi connectivity index (χ2v) is 33.4. The largest absolute Gasteiger partial charge is 0.418 e. The molecule has 2 nitrogen and oxygen atoms in total. The third kappa shape index (κ3) is 6.86. The van der Waals surface area contributed by atoms with Crippen molar-refractivity contribution >= 4 is 56.0 Å². The molecule has 0 saturated carbocycles. The Kier molecular flexibility index (Phi) is 9.44. The van der Waals surface area contributed by atoms with E-state index in [0.717, 1.165) is 22.9 Å². The third-order valence-electron chi connectivity index (χ3n) is 7.78. The quantitative estimate of drug-likeness (QED) is 0.236. The van der Waals surface area contributed by atoms with Gasteiger partial charge in [-0.25, -0.2) is 0 Å². The number of allylic oxidation sites excluding steroid dienone is 8. The predicted octanol–water partition coefficient (Wildman–Crippen LogP) is 9.71. The van der Waals surface area contributed by atoms with Crippen LogP contribution in [0, 0.1) is 5.41 Å². The van der Waals surface area contributed by atoms with Gasteiger partial charge >= 0.3 is 0 Å². The zero-order valence-corrected chi connectivity index (χ0v) is 30.3. The lowest BCUT2D eigenvalue weighted by Crippen LogP contribution is -2.51. The fourth-order valence-corrected chi connectivity index (χ4v) is 18.6. The van der Waals surface area contributed by atoms with Gasteiger partial charge in [0.1, 0.15) is 16.1 Å². The summed E-state index contributed by atoms with van der Waals surface area (Å²) in [5, 5.41) is 4.81. The van der Waals surface area contributed by atoms with Crippen LogP contribution in [0.15, 0.2) is 43.8 Å². The summed E-state index contributed by atoms with van der Waals surface area (Å²) in [5.74, 6) is 0. The molecule has 2 aliphatic carbocycles. The highest BCUT2D eigenvalue weighted by Crippen LogP contribution is 2.54. The molecule has 2 atom stereocenters. The Morgan fingerprint density at radius 3 is 1.20 bits per heavy atom. The molecule has 200 valence electrons. The lowest BCUT2D eigenvalue weighted by atomic mass is 9.77. The summed E-state index contributed by atoms with van der Waals surface area (Å²) in [7, 11) is -7.33. The Morgan fingerprint density at radius 1 is 0.657 bits per heavy atom. The van der Waals surface area contributed by atoms with Crippen molar-refractivity contribution in [3.8, 4) is 0 Å². The third-order valence-corrected chi connectivity index (χ3v) is 19.4. The fourth-order valence-electron chi connectivity index (χ4n) is 5.52. The SMILES string of the molecule is CC(O[Si](C)(C)C)[Si](C)(C)C1=C(Cl)CC=C1C(C)(C)C1=CCC(Cl)=C1[Si](C)(C)C(C)O[Si](C)(C)C. The van der Waals surface area contributed by atoms with Gasteiger partial charge in [0.05, 0.1) is 0 Å². The minimum absolute atomic E-state index is 0.176. The van der Waals surface area contributed by atoms with Crippen molar-refractivity contribution in [1.82, 2.24) is 0 Å². The van der Waals surface area contributed by atoms with Crippen molar-refractivity contribution in [3.63, 3.8) is 0 Å². The van der Waals surface area contributed by atoms with Gasteiger partial charge in [-0.2, -0.15) is 0 Å². The molecule has 0 radical (unpaired) electrons. The molecule has 0 saturated heterocycles. The Labute approximate surface area is 230 Å². The van der Waals surface area contributed by atoms with Crippen molar-refractivity contribution in [3.05, 3.63) is 43.8 Å². The summed E-state index contributed by atoms with van der Waals surface area (Å²) in [4.78, 5) is 0. The molecule has 2 rings (SSSR count). The highest BCUT2D eigenvalue weighted by Gasteiger charge is 2.49. The van der Waals surface area contributed by atoms with Crippen LogP contribution in [-0.2, 0) is 8.85 Å². The molecule has 0 amide bonds. The first-order valence-corrected chi connectivity index (χ1v) is 26.8. The normalized spacial score (nSPS) is 20.5. The minimum atomic E-state index is -2.00. The molecule has 2 unspecified atom stereocenters. The molecule has 0 aliphatic heterocycles. The van der Waals surface area contributed by atoms with E-state index in [2.05, 4.69) is 105 Å². The molecule has 0 spiro atoms. The molecular formula is C27H50Cl2O2Si4. The van der Waals surface area contributed by atoms with Gasteiger partial charge in [0, 0.05) is 39.8 Å². The zero-order chi connectivity index (χ0) is 27.4. The molecule has 35 heavy (non-hydrogen) atoms. The molecule has 0 aromatic carbocycles. The van der Waals surface area contributed by atoms with Gasteiger partial charge in [-0.3, -0.25) is 0 Å². The van der Waals surface area contributed by atoms with Crippen LogP contribution >= 0.6 is 23.2 Å². The Balaban J connectivity index is 2.51. The lowest BCUT2D eigenvalue weighted by Gasteiger charge is -2.43. The van der Waals surface area contributed by atoms with Crippen LogP contribution in [0.1, 0.15) is 40.5 Å². The van der Waals surface area contributed by atoms with Crippen molar-refractivity contribution in [2.75, 3.05) is 0 Å². The van der Waals surface area contributed by atoms with E-state index in [4.69, 9.17) is 32.1 Å². The fraction of sp³-hybridized carbons (Fsp3) is 0.704. The van der Waals surface area contributed by atoms with Crippen LogP contribution in [0.3, 0.4) is 0 Å². The van der Waals surface area contributed by atoms with Gasteiger partial charge in [-0.15, -0.1) is 0 Å². The second-order valence-electron chi connectivity index (χ2n) is 14.0. The predicted molar refractivity (Wildman–Crippen MR) is 168 cm³/mol. The number of rotatable bonds is 10. The molecule has 8 heteroatoms. The second kappa shape index (κ2) is 10.5. The van der Waals surface area contributed by atoms with Crippen LogP contribution in [0.2, 0.25) is 65.5 Å². The van der Waals surface area contributed by atoms with Crippen molar-refractivity contribution in [1.29, 1.82) is 0 Å². The summed E-state index contributed by atoms with van der Waals surface area (Å²) in [6.45, 7) is 32.7. The summed E-state index contributed by atoms with van der Waals surface area (Å²) in [6.07, 6.45) is 6.41. The minimum Gasteiger partial charge on any atom is -0.418 e. The molecule has 0 bridgehead atoms. The van der Waals surface area contributed by atoms with E-state index >= 15 is 0 Å². The van der Waals surface area contributed by atoms with Crippen molar-refractivity contribution in [2.24, 2.45) is 5.41 Å². The maximum absolute atomic E-state index is 7.02. The lowest BCUT2D eigenvalue weighted by molar-refractivity contribution is 0.282. The number of hydrogen-bond acceptors (Lipinski definition) is 2. The first kappa shape index (κ1) is 31.5. The smallest absolute Gasteiger partial charge is 0.183 e. The average Bonchev–Trinajstić information content (AvgIpc) is 3.23. The molecule has 2 aliphatic rings. The number of hydrogen-bond donors (Lipinski definition) is 0. The number of halogens is 2. The molecule has 0 fully saturated rings. The monoisotopic (exact) mass is 588 g/mol. The van der Waals surface area contributed by atoms with Gasteiger partial charge in [-0.05, 0) is 74.7 Å². The average molecular weight is 590 g/mol. The van der Waals surface area contributed by atoms with E-state index in [1.807, 2.05) is 0 Å². The van der Waals surface area contributed by atoms with Crippen LogP contribution in [0.25, 0.3) is 0 Å². The van der Waals surface area contributed by atoms with E-state index in [-0.39, 0.29) is 16.9 Å². The Morgan fingerprint density at radius 2 is 0.943 bits per heavy atom. The maximum atomic E-state index is 7.02. The van der Waals surface area contributed by atoms with Crippen LogP contribution in [-0.4, -0.2) is 44.2 Å². The highest BCUT2D eigenvalue weighted by molar-refractivity contribution is 6.88. The highest BCUT2D eigenvalue weighted by atomic mass is 35.5. The first-order valence-electron chi connectivity index (χ1n) is 13.1. The van der Waals surface area contributed by atoms with Gasteiger partial charge in [0.2, 0.25) is 0 Å². The Bertz CT molecular complexity index is 885. The van der Waals surface area contributed by atoms with E-state index < -0.39 is 32.8 Å². The summed E-state index contributed by atoms with van der Waals surface area (Å²) in [5.41, 5.74) is 3.03. The van der Waals surface area contributed by atoms with Gasteiger partial charge in [0.25, 0.3) is 0 Å². The van der Waals surface area contributed by atoms with Crippen LogP contribution in [0.4, 0.5) is 0 Å². The van der Waals surface area contributed by atoms with Crippen molar-refractivity contribution in [2.45, 2.75) is 117 Å². The summed E-state index contributed by atoms with van der Waals surface area (Å²) >= 11 is 14.0. The van der Waals surface area contributed by atoms with Gasteiger partial charge < -0.3 is 8.85 Å². The van der Waals surface area contributed by atoms with Gasteiger partial charge in [0.15, 0.2) is 16.6 Å². The molecular weight excluding hydrogens is 540 g/mol. The topological polar surface area (TPSA) is 18.5 Å². The molecule has 0 aromatic rings. The summed E-state index contributed by atoms with van der Waals surface area (Å²) < 4.78 is 13.3. The van der Waals surface area contributed by atoms with Crippen molar-refractivity contribution < 1.29 is 8.85 Å².